The van der Waals surface area contributed by atoms with Gasteiger partial charge in [-0.25, -0.2) is 4.79 Å². The zero-order chi connectivity index (χ0) is 25.0. The van der Waals surface area contributed by atoms with E-state index in [1.807, 2.05) is 0 Å². The van der Waals surface area contributed by atoms with Crippen LogP contribution in [0.25, 0.3) is 0 Å². The molecule has 0 saturated heterocycles. The molecule has 6 nitrogen and oxygen atoms in total. The van der Waals surface area contributed by atoms with E-state index in [9.17, 15) is 27.6 Å². The van der Waals surface area contributed by atoms with Gasteiger partial charge in [0.1, 0.15) is 5.56 Å². The van der Waals surface area contributed by atoms with Crippen LogP contribution in [0.4, 0.5) is 13.2 Å². The van der Waals surface area contributed by atoms with Crippen LogP contribution in [-0.2, 0) is 22.3 Å². The third-order valence-corrected chi connectivity index (χ3v) is 5.52. The zero-order valence-corrected chi connectivity index (χ0v) is 18.8. The van der Waals surface area contributed by atoms with Gasteiger partial charge in [0.2, 0.25) is 0 Å². The highest BCUT2D eigenvalue weighted by atomic mass is 19.4. The fourth-order valence-electron chi connectivity index (χ4n) is 3.48. The second kappa shape index (κ2) is 9.94. The molecular formula is C25H23F3N2O4. The Morgan fingerprint density at radius 3 is 2.21 bits per heavy atom. The van der Waals surface area contributed by atoms with Gasteiger partial charge in [0, 0.05) is 5.69 Å². The van der Waals surface area contributed by atoms with Gasteiger partial charge in [-0.05, 0) is 48.7 Å². The first-order valence-electron chi connectivity index (χ1n) is 10.3. The molecule has 1 heterocycles. The molecule has 178 valence electrons. The van der Waals surface area contributed by atoms with E-state index < -0.39 is 35.2 Å². The number of rotatable bonds is 6. The number of ether oxygens (including phenoxy) is 1. The minimum absolute atomic E-state index is 0.0239. The van der Waals surface area contributed by atoms with Crippen molar-refractivity contribution in [3.63, 3.8) is 0 Å². The highest BCUT2D eigenvalue weighted by Crippen LogP contribution is 2.29. The third-order valence-electron chi connectivity index (χ3n) is 5.52. The van der Waals surface area contributed by atoms with Crippen molar-refractivity contribution in [2.75, 3.05) is 7.11 Å². The molecule has 0 aliphatic carbocycles. The molecule has 0 spiro atoms. The van der Waals surface area contributed by atoms with Crippen LogP contribution in [0.3, 0.4) is 0 Å². The third kappa shape index (κ3) is 5.36. The van der Waals surface area contributed by atoms with Gasteiger partial charge >= 0.3 is 12.1 Å². The van der Waals surface area contributed by atoms with Crippen LogP contribution in [0.1, 0.15) is 44.3 Å². The number of nitrogens with one attached hydrogen (secondary N) is 1. The lowest BCUT2D eigenvalue weighted by molar-refractivity contribution is -0.143. The van der Waals surface area contributed by atoms with Crippen LogP contribution in [-0.4, -0.2) is 23.6 Å². The predicted molar refractivity (Wildman–Crippen MR) is 119 cm³/mol. The molecule has 1 N–H and O–H groups in total. The first-order chi connectivity index (χ1) is 16.0. The van der Waals surface area contributed by atoms with Crippen LogP contribution in [0.15, 0.2) is 65.5 Å². The first kappa shape index (κ1) is 24.8. The minimum atomic E-state index is -4.46. The van der Waals surface area contributed by atoms with E-state index >= 15 is 0 Å². The Labute approximate surface area is 194 Å². The summed E-state index contributed by atoms with van der Waals surface area (Å²) < 4.78 is 44.7. The summed E-state index contributed by atoms with van der Waals surface area (Å²) in [5, 5.41) is 2.55. The molecule has 0 saturated carbocycles. The summed E-state index contributed by atoms with van der Waals surface area (Å²) in [6, 6.07) is 13.2. The maximum absolute atomic E-state index is 13.2. The molecule has 1 aromatic heterocycles. The molecular weight excluding hydrogens is 449 g/mol. The molecule has 0 radical (unpaired) electrons. The quantitative estimate of drug-likeness (QED) is 0.546. The largest absolute Gasteiger partial charge is 0.467 e. The van der Waals surface area contributed by atoms with Crippen LogP contribution in [0.5, 0.6) is 0 Å². The monoisotopic (exact) mass is 472 g/mol. The maximum Gasteiger partial charge on any atom is 0.416 e. The summed E-state index contributed by atoms with van der Waals surface area (Å²) in [6.07, 6.45) is -4.46. The SMILES string of the molecule is COC(=O)C(NC(=O)c1cc(C)c(C)n(Cc2ccc(C(F)(F)F)cc2)c1=O)c1ccccc1. The highest BCUT2D eigenvalue weighted by Gasteiger charge is 2.30. The Bertz CT molecular complexity index is 1250. The summed E-state index contributed by atoms with van der Waals surface area (Å²) in [5.74, 6) is -1.47. The summed E-state index contributed by atoms with van der Waals surface area (Å²) in [4.78, 5) is 38.5. The van der Waals surface area contributed by atoms with Gasteiger partial charge in [0.05, 0.1) is 19.2 Å². The van der Waals surface area contributed by atoms with Gasteiger partial charge < -0.3 is 14.6 Å². The molecule has 1 unspecified atom stereocenters. The van der Waals surface area contributed by atoms with Crippen molar-refractivity contribution in [1.29, 1.82) is 0 Å². The predicted octanol–water partition coefficient (Wildman–Crippen LogP) is 4.18. The summed E-state index contributed by atoms with van der Waals surface area (Å²) in [6.45, 7) is 3.37. The second-order valence-corrected chi connectivity index (χ2v) is 7.75. The fourth-order valence-corrected chi connectivity index (χ4v) is 3.48. The van der Waals surface area contributed by atoms with Gasteiger partial charge in [-0.1, -0.05) is 42.5 Å². The fraction of sp³-hybridized carbons (Fsp3) is 0.240. The van der Waals surface area contributed by atoms with E-state index in [0.717, 1.165) is 12.1 Å². The van der Waals surface area contributed by atoms with E-state index in [1.165, 1.54) is 29.9 Å². The van der Waals surface area contributed by atoms with Crippen molar-refractivity contribution in [2.45, 2.75) is 32.6 Å². The minimum Gasteiger partial charge on any atom is -0.467 e. The Morgan fingerprint density at radius 2 is 1.65 bits per heavy atom. The number of nitrogens with zero attached hydrogens (tertiary/aromatic N) is 1. The normalized spacial score (nSPS) is 12.2. The summed E-state index contributed by atoms with van der Waals surface area (Å²) in [7, 11) is 1.19. The van der Waals surface area contributed by atoms with Gasteiger partial charge in [-0.3, -0.25) is 9.59 Å². The molecule has 2 aromatic carbocycles. The molecule has 0 aliphatic rings. The number of carbonyl (C=O) groups is 2. The Balaban J connectivity index is 1.94. The van der Waals surface area contributed by atoms with Crippen molar-refractivity contribution >= 4 is 11.9 Å². The van der Waals surface area contributed by atoms with Gasteiger partial charge in [0.25, 0.3) is 11.5 Å². The van der Waals surface area contributed by atoms with Gasteiger partial charge in [-0.15, -0.1) is 0 Å². The number of hydrogen-bond acceptors (Lipinski definition) is 4. The van der Waals surface area contributed by atoms with E-state index in [0.29, 0.717) is 22.4 Å². The summed E-state index contributed by atoms with van der Waals surface area (Å²) >= 11 is 0. The molecule has 9 heteroatoms. The highest BCUT2D eigenvalue weighted by molar-refractivity contribution is 5.97. The van der Waals surface area contributed by atoms with Crippen LogP contribution >= 0.6 is 0 Å². The maximum atomic E-state index is 13.2. The average Bonchev–Trinajstić information content (AvgIpc) is 2.82. The number of halogens is 3. The van der Waals surface area contributed by atoms with E-state index in [-0.39, 0.29) is 12.1 Å². The zero-order valence-electron chi connectivity index (χ0n) is 18.8. The van der Waals surface area contributed by atoms with Crippen LogP contribution < -0.4 is 10.9 Å². The number of benzene rings is 2. The number of amides is 1. The molecule has 3 rings (SSSR count). The number of pyridine rings is 1. The number of methoxy groups -OCH3 is 1. The molecule has 34 heavy (non-hydrogen) atoms. The van der Waals surface area contributed by atoms with E-state index in [2.05, 4.69) is 5.32 Å². The van der Waals surface area contributed by atoms with Crippen molar-refractivity contribution in [1.82, 2.24) is 9.88 Å². The second-order valence-electron chi connectivity index (χ2n) is 7.75. The number of esters is 1. The van der Waals surface area contributed by atoms with Gasteiger partial charge in [-0.2, -0.15) is 13.2 Å². The van der Waals surface area contributed by atoms with Crippen molar-refractivity contribution in [2.24, 2.45) is 0 Å². The number of carbonyl (C=O) groups excluding carboxylic acids is 2. The van der Waals surface area contributed by atoms with Crippen LogP contribution in [0.2, 0.25) is 0 Å². The number of aryl methyl sites for hydroxylation is 1. The standard InChI is InChI=1S/C25H23F3N2O4/c1-15-13-20(22(31)29-21(24(33)34-3)18-7-5-4-6-8-18)23(32)30(16(15)2)14-17-9-11-19(12-10-17)25(26,27)28/h4-13,21H,14H2,1-3H3,(H,29,31). The Hall–Kier alpha value is -3.88. The van der Waals surface area contributed by atoms with E-state index in [4.69, 9.17) is 4.74 Å². The Morgan fingerprint density at radius 1 is 1.03 bits per heavy atom. The smallest absolute Gasteiger partial charge is 0.416 e. The molecule has 3 aromatic rings. The lowest BCUT2D eigenvalue weighted by Gasteiger charge is -2.19. The molecule has 0 aliphatic heterocycles. The molecule has 0 fully saturated rings. The lowest BCUT2D eigenvalue weighted by atomic mass is 10.1. The van der Waals surface area contributed by atoms with Crippen molar-refractivity contribution in [3.8, 4) is 0 Å². The average molecular weight is 472 g/mol. The molecule has 1 amide bonds. The Kier molecular flexibility index (Phi) is 7.24. The molecule has 1 atom stereocenters. The van der Waals surface area contributed by atoms with Crippen LogP contribution in [0, 0.1) is 13.8 Å². The number of aromatic nitrogens is 1. The van der Waals surface area contributed by atoms with Crippen molar-refractivity contribution < 1.29 is 27.5 Å². The van der Waals surface area contributed by atoms with Crippen molar-refractivity contribution in [3.05, 3.63) is 105 Å². The molecule has 0 bridgehead atoms. The lowest BCUT2D eigenvalue weighted by Crippen LogP contribution is -2.39. The number of alkyl halides is 3. The van der Waals surface area contributed by atoms with E-state index in [1.54, 1.807) is 44.2 Å². The topological polar surface area (TPSA) is 77.4 Å². The first-order valence-corrected chi connectivity index (χ1v) is 10.3. The number of hydrogen-bond donors (Lipinski definition) is 1. The summed E-state index contributed by atoms with van der Waals surface area (Å²) in [5.41, 5.74) is 0.528. The van der Waals surface area contributed by atoms with Gasteiger partial charge in [0.15, 0.2) is 6.04 Å².